The maximum atomic E-state index is 5.57. The van der Waals surface area contributed by atoms with E-state index in [1.165, 1.54) is 0 Å². The summed E-state index contributed by atoms with van der Waals surface area (Å²) < 4.78 is 0. The lowest BCUT2D eigenvalue weighted by molar-refractivity contribution is 0.820. The molecule has 0 fully saturated rings. The summed E-state index contributed by atoms with van der Waals surface area (Å²) in [7, 11) is 0. The van der Waals surface area contributed by atoms with E-state index in [0.717, 1.165) is 10.7 Å². The molecule has 0 saturated carbocycles. The number of allylic oxidation sites excluding steroid dienone is 1. The summed E-state index contributed by atoms with van der Waals surface area (Å²) in [5, 5.41) is 4.13. The van der Waals surface area contributed by atoms with E-state index in [4.69, 9.17) is 5.73 Å². The summed E-state index contributed by atoms with van der Waals surface area (Å²) in [5.74, 6) is 1.11. The second kappa shape index (κ2) is 15.6. The molecule has 0 bridgehead atoms. The van der Waals surface area contributed by atoms with Crippen LogP contribution in [0, 0.1) is 5.92 Å². The zero-order valence-electron chi connectivity index (χ0n) is 16.8. The molecule has 0 saturated heterocycles. The van der Waals surface area contributed by atoms with E-state index < -0.39 is 0 Å². The van der Waals surface area contributed by atoms with E-state index in [2.05, 4.69) is 45.8 Å². The summed E-state index contributed by atoms with van der Waals surface area (Å²) in [4.78, 5) is 15.8. The molecule has 0 unspecified atom stereocenters. The van der Waals surface area contributed by atoms with Crippen molar-refractivity contribution in [2.45, 2.75) is 32.7 Å². The summed E-state index contributed by atoms with van der Waals surface area (Å²) in [6.45, 7) is 11.5. The fourth-order valence-electron chi connectivity index (χ4n) is 1.62. The first-order valence-corrected chi connectivity index (χ1v) is 9.92. The van der Waals surface area contributed by atoms with Crippen molar-refractivity contribution < 1.29 is 0 Å². The van der Waals surface area contributed by atoms with Crippen LogP contribution < -0.4 is 11.1 Å². The standard InChI is InChI=1S/C13H19N5S.C5H5N.C2H6/c1-9(2)7-11(18-13(14)15-3)17-10-5-6-12(19-4)16-8-10;1-2-4-6-5-3-1;1-2/h5-9,17H,3H2,1-2,4H3,(H2,14,18);1-5H;1-2H3/b11-7-;;. The van der Waals surface area contributed by atoms with Crippen LogP contribution in [0.4, 0.5) is 5.69 Å². The van der Waals surface area contributed by atoms with Gasteiger partial charge in [0.1, 0.15) is 5.82 Å². The van der Waals surface area contributed by atoms with Gasteiger partial charge in [-0.25, -0.2) is 9.98 Å². The third-order valence-corrected chi connectivity index (χ3v) is 3.33. The van der Waals surface area contributed by atoms with E-state index in [1.54, 1.807) is 30.4 Å². The number of anilines is 1. The van der Waals surface area contributed by atoms with Crippen molar-refractivity contribution in [2.75, 3.05) is 11.6 Å². The predicted octanol–water partition coefficient (Wildman–Crippen LogP) is 4.84. The number of pyridine rings is 2. The average Bonchev–Trinajstić information content (AvgIpc) is 2.71. The summed E-state index contributed by atoms with van der Waals surface area (Å²) in [6.07, 6.45) is 9.20. The Balaban J connectivity index is 0.000000702. The molecular formula is C20H30N6S. The molecule has 0 amide bonds. The molecule has 146 valence electrons. The zero-order valence-corrected chi connectivity index (χ0v) is 17.6. The molecule has 0 aliphatic carbocycles. The van der Waals surface area contributed by atoms with Crippen molar-refractivity contribution in [3.63, 3.8) is 0 Å². The van der Waals surface area contributed by atoms with Crippen molar-refractivity contribution in [1.29, 1.82) is 0 Å². The molecule has 3 N–H and O–H groups in total. The number of nitrogens with one attached hydrogen (secondary N) is 1. The highest BCUT2D eigenvalue weighted by molar-refractivity contribution is 7.98. The Morgan fingerprint density at radius 1 is 1.22 bits per heavy atom. The molecule has 0 atom stereocenters. The normalized spacial score (nSPS) is 10.9. The molecule has 2 aromatic rings. The number of aromatic nitrogens is 2. The lowest BCUT2D eigenvalue weighted by Crippen LogP contribution is -2.10. The van der Waals surface area contributed by atoms with Gasteiger partial charge in [0.2, 0.25) is 5.96 Å². The van der Waals surface area contributed by atoms with Gasteiger partial charge < -0.3 is 11.1 Å². The number of nitrogens with two attached hydrogens (primary N) is 1. The minimum Gasteiger partial charge on any atom is -0.368 e. The van der Waals surface area contributed by atoms with Crippen LogP contribution in [0.5, 0.6) is 0 Å². The number of guanidine groups is 1. The van der Waals surface area contributed by atoms with Gasteiger partial charge in [-0.3, -0.25) is 4.98 Å². The second-order valence-corrected chi connectivity index (χ2v) is 5.99. The van der Waals surface area contributed by atoms with E-state index in [-0.39, 0.29) is 5.96 Å². The van der Waals surface area contributed by atoms with Crippen LogP contribution in [-0.4, -0.2) is 28.9 Å². The van der Waals surface area contributed by atoms with Crippen LogP contribution in [-0.2, 0) is 0 Å². The Bertz CT molecular complexity index is 655. The molecule has 0 aromatic carbocycles. The van der Waals surface area contributed by atoms with Crippen LogP contribution in [0.2, 0.25) is 0 Å². The first-order chi connectivity index (χ1) is 13.0. The average molecular weight is 387 g/mol. The van der Waals surface area contributed by atoms with Gasteiger partial charge >= 0.3 is 0 Å². The van der Waals surface area contributed by atoms with Crippen LogP contribution >= 0.6 is 11.8 Å². The molecular weight excluding hydrogens is 356 g/mol. The van der Waals surface area contributed by atoms with Crippen molar-refractivity contribution >= 4 is 30.1 Å². The highest BCUT2D eigenvalue weighted by atomic mass is 32.2. The lowest BCUT2D eigenvalue weighted by Gasteiger charge is -2.08. The van der Waals surface area contributed by atoms with Crippen molar-refractivity contribution in [3.8, 4) is 0 Å². The molecule has 0 aliphatic rings. The molecule has 0 aliphatic heterocycles. The Morgan fingerprint density at radius 2 is 1.89 bits per heavy atom. The van der Waals surface area contributed by atoms with Crippen LogP contribution in [0.25, 0.3) is 0 Å². The third kappa shape index (κ3) is 12.3. The fourth-order valence-corrected chi connectivity index (χ4v) is 1.98. The monoisotopic (exact) mass is 386 g/mol. The van der Waals surface area contributed by atoms with Crippen molar-refractivity contribution in [1.82, 2.24) is 9.97 Å². The quantitative estimate of drug-likeness (QED) is 0.436. The zero-order chi connectivity index (χ0) is 20.5. The van der Waals surface area contributed by atoms with E-state index in [9.17, 15) is 0 Å². The van der Waals surface area contributed by atoms with Crippen molar-refractivity contribution in [2.24, 2.45) is 21.6 Å². The summed E-state index contributed by atoms with van der Waals surface area (Å²) >= 11 is 1.60. The molecule has 6 nitrogen and oxygen atoms in total. The molecule has 2 aromatic heterocycles. The predicted molar refractivity (Wildman–Crippen MR) is 119 cm³/mol. The van der Waals surface area contributed by atoms with E-state index >= 15 is 0 Å². The van der Waals surface area contributed by atoms with Crippen LogP contribution in [0.1, 0.15) is 27.7 Å². The molecule has 2 rings (SSSR count). The SMILES string of the molecule is C=N/C(N)=N\C(=C/C(C)C)Nc1ccc(SC)nc1.CC.c1ccncc1. The van der Waals surface area contributed by atoms with Gasteiger partial charge in [0, 0.05) is 12.4 Å². The lowest BCUT2D eigenvalue weighted by atomic mass is 10.2. The molecule has 27 heavy (non-hydrogen) atoms. The smallest absolute Gasteiger partial charge is 0.221 e. The number of aliphatic imine (C=N–C) groups is 2. The summed E-state index contributed by atoms with van der Waals surface area (Å²) in [6, 6.07) is 9.60. The highest BCUT2D eigenvalue weighted by Gasteiger charge is 2.01. The minimum atomic E-state index is 0.132. The fraction of sp³-hybridized carbons (Fsp3) is 0.300. The largest absolute Gasteiger partial charge is 0.368 e. The maximum absolute atomic E-state index is 5.57. The Labute approximate surface area is 167 Å². The molecule has 0 spiro atoms. The number of hydrogen-bond donors (Lipinski definition) is 2. The number of thioether (sulfide) groups is 1. The number of hydrogen-bond acceptors (Lipinski definition) is 5. The van der Waals surface area contributed by atoms with Gasteiger partial charge in [0.05, 0.1) is 16.9 Å². The number of nitrogens with zero attached hydrogens (tertiary/aromatic N) is 4. The Kier molecular flexibility index (Phi) is 14.0. The van der Waals surface area contributed by atoms with Gasteiger partial charge in [-0.05, 0) is 49.2 Å². The van der Waals surface area contributed by atoms with E-state index in [1.807, 2.05) is 56.5 Å². The van der Waals surface area contributed by atoms with Crippen molar-refractivity contribution in [3.05, 3.63) is 60.8 Å². The van der Waals surface area contributed by atoms with Crippen LogP contribution in [0.3, 0.4) is 0 Å². The minimum absolute atomic E-state index is 0.132. The van der Waals surface area contributed by atoms with Gasteiger partial charge in [-0.2, -0.15) is 4.99 Å². The second-order valence-electron chi connectivity index (χ2n) is 5.16. The molecule has 7 heteroatoms. The summed E-state index contributed by atoms with van der Waals surface area (Å²) in [5.41, 5.74) is 6.42. The van der Waals surface area contributed by atoms with Crippen LogP contribution in [0.15, 0.2) is 75.8 Å². The van der Waals surface area contributed by atoms with Gasteiger partial charge in [-0.1, -0.05) is 33.8 Å². The topological polar surface area (TPSA) is 88.5 Å². The first-order valence-electron chi connectivity index (χ1n) is 8.70. The number of rotatable bonds is 5. The Hall–Kier alpha value is -2.67. The highest BCUT2D eigenvalue weighted by Crippen LogP contribution is 2.16. The first kappa shape index (κ1) is 24.3. The third-order valence-electron chi connectivity index (χ3n) is 2.67. The van der Waals surface area contributed by atoms with Gasteiger partial charge in [0.25, 0.3) is 0 Å². The molecule has 0 radical (unpaired) electrons. The van der Waals surface area contributed by atoms with Gasteiger partial charge in [-0.15, -0.1) is 11.8 Å². The van der Waals surface area contributed by atoms with Gasteiger partial charge in [0.15, 0.2) is 0 Å². The Morgan fingerprint density at radius 3 is 2.26 bits per heavy atom. The molecule has 2 heterocycles. The van der Waals surface area contributed by atoms with E-state index in [0.29, 0.717) is 11.7 Å². The maximum Gasteiger partial charge on any atom is 0.221 e.